The highest BCUT2D eigenvalue weighted by Crippen LogP contribution is 2.21. The highest BCUT2D eigenvalue weighted by Gasteiger charge is 2.24. The van der Waals surface area contributed by atoms with Crippen molar-refractivity contribution in [2.75, 3.05) is 20.8 Å². The van der Waals surface area contributed by atoms with Gasteiger partial charge >= 0.3 is 0 Å². The third-order valence-corrected chi connectivity index (χ3v) is 7.63. The Balaban J connectivity index is 1.44. The van der Waals surface area contributed by atoms with Gasteiger partial charge in [0.05, 0.1) is 32.4 Å². The summed E-state index contributed by atoms with van der Waals surface area (Å²) in [6, 6.07) is 30.7. The Hall–Kier alpha value is -4.66. The van der Waals surface area contributed by atoms with E-state index in [2.05, 4.69) is 16.0 Å². The molecule has 0 aliphatic rings. The van der Waals surface area contributed by atoms with Crippen LogP contribution in [-0.4, -0.2) is 49.8 Å². The number of rotatable bonds is 14. The Morgan fingerprint density at radius 1 is 0.682 bits per heavy atom. The lowest BCUT2D eigenvalue weighted by atomic mass is 9.99. The lowest BCUT2D eigenvalue weighted by molar-refractivity contribution is 0.0825. The molecule has 0 saturated heterocycles. The number of amides is 2. The maximum Gasteiger partial charge on any atom is 0.251 e. The van der Waals surface area contributed by atoms with Crippen LogP contribution in [0.25, 0.3) is 0 Å². The smallest absolute Gasteiger partial charge is 0.251 e. The molecule has 0 aliphatic heterocycles. The highest BCUT2D eigenvalue weighted by molar-refractivity contribution is 5.99. The molecule has 0 radical (unpaired) electrons. The number of nitrogens with one attached hydrogen (secondary N) is 3. The van der Waals surface area contributed by atoms with Gasteiger partial charge in [-0.3, -0.25) is 9.59 Å². The topological polar surface area (TPSA) is 109 Å². The third-order valence-electron chi connectivity index (χ3n) is 7.63. The van der Waals surface area contributed by atoms with E-state index < -0.39 is 12.1 Å². The highest BCUT2D eigenvalue weighted by atomic mass is 16.5. The van der Waals surface area contributed by atoms with Crippen LogP contribution in [0, 0.1) is 0 Å². The second-order valence-corrected chi connectivity index (χ2v) is 10.8. The fourth-order valence-electron chi connectivity index (χ4n) is 4.95. The maximum atomic E-state index is 13.5. The average molecular weight is 596 g/mol. The van der Waals surface area contributed by atoms with Gasteiger partial charge < -0.3 is 30.5 Å². The minimum absolute atomic E-state index is 0.0533. The van der Waals surface area contributed by atoms with Crippen LogP contribution in [0.5, 0.6) is 11.5 Å². The second kappa shape index (κ2) is 15.7. The molecule has 0 fully saturated rings. The van der Waals surface area contributed by atoms with E-state index in [9.17, 15) is 14.7 Å². The molecule has 0 spiro atoms. The Kier molecular flexibility index (Phi) is 11.5. The van der Waals surface area contributed by atoms with Gasteiger partial charge in [-0.05, 0) is 79.4 Å². The van der Waals surface area contributed by atoms with E-state index in [0.717, 1.165) is 22.4 Å². The molecule has 4 N–H and O–H groups in total. The number of ether oxygens (including phenoxy) is 2. The minimum Gasteiger partial charge on any atom is -0.497 e. The first kappa shape index (κ1) is 32.3. The number of aliphatic hydroxyl groups is 1. The number of hydrogen-bond acceptors (Lipinski definition) is 6. The van der Waals surface area contributed by atoms with Crippen molar-refractivity contribution in [3.8, 4) is 11.5 Å². The van der Waals surface area contributed by atoms with Crippen LogP contribution < -0.4 is 25.4 Å². The zero-order valence-electron chi connectivity index (χ0n) is 25.6. The quantitative estimate of drug-likeness (QED) is 0.159. The zero-order valence-corrected chi connectivity index (χ0v) is 25.6. The van der Waals surface area contributed by atoms with Crippen LogP contribution in [0.3, 0.4) is 0 Å². The molecular formula is C36H41N3O5. The van der Waals surface area contributed by atoms with Gasteiger partial charge in [-0.2, -0.15) is 0 Å². The van der Waals surface area contributed by atoms with Gasteiger partial charge in [-0.15, -0.1) is 0 Å². The summed E-state index contributed by atoms with van der Waals surface area (Å²) in [6.45, 7) is 4.15. The van der Waals surface area contributed by atoms with Crippen molar-refractivity contribution < 1.29 is 24.2 Å². The first-order chi connectivity index (χ1) is 21.3. The SMILES string of the molecule is COc1cccc([C@@H](C)NC[C@@H](O)[C@H](Cc2ccccc2)NC(=O)c2cccc(C(=O)N[C@H](C)c3cccc(OC)c3)c2)c1. The Morgan fingerprint density at radius 2 is 1.23 bits per heavy atom. The second-order valence-electron chi connectivity index (χ2n) is 10.8. The van der Waals surface area contributed by atoms with Gasteiger partial charge in [0.1, 0.15) is 11.5 Å². The normalized spacial score (nSPS) is 13.7. The van der Waals surface area contributed by atoms with E-state index in [1.165, 1.54) is 0 Å². The molecule has 0 unspecified atom stereocenters. The molecular weight excluding hydrogens is 554 g/mol. The predicted molar refractivity (Wildman–Crippen MR) is 172 cm³/mol. The molecule has 0 bridgehead atoms. The summed E-state index contributed by atoms with van der Waals surface area (Å²) in [7, 11) is 3.23. The van der Waals surface area contributed by atoms with Crippen LogP contribution in [0.15, 0.2) is 103 Å². The number of carbonyl (C=O) groups is 2. The molecule has 0 aliphatic carbocycles. The third kappa shape index (κ3) is 8.92. The molecule has 230 valence electrons. The number of methoxy groups -OCH3 is 2. The summed E-state index contributed by atoms with van der Waals surface area (Å²) in [5.41, 5.74) is 3.60. The molecule has 8 heteroatoms. The van der Waals surface area contributed by atoms with Gasteiger partial charge in [-0.1, -0.05) is 60.7 Å². The molecule has 0 aromatic heterocycles. The molecule has 8 nitrogen and oxygen atoms in total. The summed E-state index contributed by atoms with van der Waals surface area (Å²) in [6.07, 6.45) is -0.455. The lowest BCUT2D eigenvalue weighted by Gasteiger charge is -2.26. The van der Waals surface area contributed by atoms with Crippen molar-refractivity contribution in [3.63, 3.8) is 0 Å². The largest absolute Gasteiger partial charge is 0.497 e. The van der Waals surface area contributed by atoms with E-state index >= 15 is 0 Å². The van der Waals surface area contributed by atoms with Gasteiger partial charge in [0.15, 0.2) is 0 Å². The van der Waals surface area contributed by atoms with Crippen LogP contribution in [0.4, 0.5) is 0 Å². The van der Waals surface area contributed by atoms with Crippen LogP contribution in [0.2, 0.25) is 0 Å². The summed E-state index contributed by atoms with van der Waals surface area (Å²) >= 11 is 0. The molecule has 0 saturated carbocycles. The zero-order chi connectivity index (χ0) is 31.5. The van der Waals surface area contributed by atoms with Crippen molar-refractivity contribution >= 4 is 11.8 Å². The first-order valence-corrected chi connectivity index (χ1v) is 14.7. The monoisotopic (exact) mass is 595 g/mol. The fraction of sp³-hybridized carbons (Fsp3) is 0.278. The predicted octanol–water partition coefficient (Wildman–Crippen LogP) is 5.25. The number of hydrogen-bond donors (Lipinski definition) is 4. The van der Waals surface area contributed by atoms with Crippen LogP contribution in [0.1, 0.15) is 63.3 Å². The standard InChI is InChI=1S/C36H41N3O5/c1-24(27-13-9-17-31(21-27)43-3)37-23-34(40)33(19-26-11-6-5-7-12-26)39-36(42)30-16-8-15-29(20-30)35(41)38-25(2)28-14-10-18-32(22-28)44-4/h5-18,20-22,24-25,33-34,37,40H,19,23H2,1-4H3,(H,38,41)(H,39,42)/t24-,25-,33+,34-/m1/s1. The van der Waals surface area contributed by atoms with Crippen molar-refractivity contribution in [1.82, 2.24) is 16.0 Å². The van der Waals surface area contributed by atoms with Crippen molar-refractivity contribution in [2.45, 2.75) is 44.5 Å². The molecule has 4 rings (SSSR count). The number of aliphatic hydroxyl groups excluding tert-OH is 1. The van der Waals surface area contributed by atoms with Crippen LogP contribution in [-0.2, 0) is 6.42 Å². The fourth-order valence-corrected chi connectivity index (χ4v) is 4.95. The van der Waals surface area contributed by atoms with Crippen molar-refractivity contribution in [1.29, 1.82) is 0 Å². The Morgan fingerprint density at radius 3 is 1.82 bits per heavy atom. The van der Waals surface area contributed by atoms with Gasteiger partial charge in [-0.25, -0.2) is 0 Å². The van der Waals surface area contributed by atoms with E-state index in [1.54, 1.807) is 38.5 Å². The van der Waals surface area contributed by atoms with E-state index in [0.29, 0.717) is 23.3 Å². The molecule has 44 heavy (non-hydrogen) atoms. The average Bonchev–Trinajstić information content (AvgIpc) is 3.07. The summed E-state index contributed by atoms with van der Waals surface area (Å²) in [5, 5.41) is 20.7. The minimum atomic E-state index is -0.887. The first-order valence-electron chi connectivity index (χ1n) is 14.7. The maximum absolute atomic E-state index is 13.5. The van der Waals surface area contributed by atoms with E-state index in [-0.39, 0.29) is 30.4 Å². The summed E-state index contributed by atoms with van der Waals surface area (Å²) in [4.78, 5) is 26.6. The van der Waals surface area contributed by atoms with Crippen molar-refractivity contribution in [2.24, 2.45) is 0 Å². The van der Waals surface area contributed by atoms with E-state index in [1.807, 2.05) is 92.7 Å². The number of carbonyl (C=O) groups excluding carboxylic acids is 2. The molecule has 0 heterocycles. The van der Waals surface area contributed by atoms with Gasteiger partial charge in [0.25, 0.3) is 11.8 Å². The van der Waals surface area contributed by atoms with Crippen molar-refractivity contribution in [3.05, 3.63) is 131 Å². The Labute approximate surface area is 259 Å². The van der Waals surface area contributed by atoms with Gasteiger partial charge in [0.2, 0.25) is 0 Å². The van der Waals surface area contributed by atoms with Crippen LogP contribution >= 0.6 is 0 Å². The van der Waals surface area contributed by atoms with Gasteiger partial charge in [0, 0.05) is 23.7 Å². The van der Waals surface area contributed by atoms with E-state index in [4.69, 9.17) is 9.47 Å². The lowest BCUT2D eigenvalue weighted by Crippen LogP contribution is -2.49. The molecule has 4 atom stereocenters. The Bertz CT molecular complexity index is 1530. The molecule has 4 aromatic rings. The summed E-state index contributed by atoms with van der Waals surface area (Å²) < 4.78 is 10.6. The summed E-state index contributed by atoms with van der Waals surface area (Å²) in [5.74, 6) is 0.795. The molecule has 2 amide bonds. The molecule has 4 aromatic carbocycles. The number of benzene rings is 4.